The molecule has 0 fully saturated rings. The largest absolute Gasteiger partial charge is 0.462 e. The molecule has 1 aromatic heterocycles. The molecular weight excluding hydrogens is 332 g/mol. The van der Waals surface area contributed by atoms with E-state index in [0.29, 0.717) is 5.69 Å². The lowest BCUT2D eigenvalue weighted by atomic mass is 9.88. The Morgan fingerprint density at radius 3 is 2.15 bits per heavy atom. The second-order valence-electron chi connectivity index (χ2n) is 7.31. The van der Waals surface area contributed by atoms with Crippen molar-refractivity contribution in [2.24, 2.45) is 5.41 Å². The van der Waals surface area contributed by atoms with Crippen molar-refractivity contribution in [2.45, 2.75) is 41.5 Å². The predicted molar refractivity (Wildman–Crippen MR) is 99.1 cm³/mol. The van der Waals surface area contributed by atoms with Gasteiger partial charge in [-0.05, 0) is 50.1 Å². The fourth-order valence-electron chi connectivity index (χ4n) is 2.59. The van der Waals surface area contributed by atoms with Gasteiger partial charge < -0.3 is 4.74 Å². The highest BCUT2D eigenvalue weighted by molar-refractivity contribution is 6.00. The van der Waals surface area contributed by atoms with Crippen molar-refractivity contribution in [1.82, 2.24) is 9.78 Å². The number of carbonyl (C=O) groups excluding carboxylic acids is 2. The van der Waals surface area contributed by atoms with Crippen LogP contribution in [0.1, 0.15) is 59.7 Å². The zero-order chi connectivity index (χ0) is 19.6. The summed E-state index contributed by atoms with van der Waals surface area (Å²) in [4.78, 5) is 37.8. The fourth-order valence-corrected chi connectivity index (χ4v) is 2.59. The van der Waals surface area contributed by atoms with Crippen LogP contribution in [0.4, 0.5) is 0 Å². The van der Waals surface area contributed by atoms with Gasteiger partial charge in [0.15, 0.2) is 5.78 Å². The summed E-state index contributed by atoms with van der Waals surface area (Å²) in [5, 5.41) is 4.24. The van der Waals surface area contributed by atoms with Crippen LogP contribution in [-0.4, -0.2) is 28.1 Å². The molecule has 0 aliphatic rings. The van der Waals surface area contributed by atoms with E-state index in [1.165, 1.54) is 6.07 Å². The van der Waals surface area contributed by atoms with Gasteiger partial charge in [-0.2, -0.15) is 9.78 Å². The minimum absolute atomic E-state index is 0.0549. The third kappa shape index (κ3) is 4.07. The molecule has 26 heavy (non-hydrogen) atoms. The highest BCUT2D eigenvalue weighted by Crippen LogP contribution is 2.20. The predicted octanol–water partition coefficient (Wildman–Crippen LogP) is 3.25. The molecule has 0 bridgehead atoms. The molecular formula is C20H24N2O4. The van der Waals surface area contributed by atoms with Crippen LogP contribution in [-0.2, 0) is 4.74 Å². The van der Waals surface area contributed by atoms with Gasteiger partial charge >= 0.3 is 5.97 Å². The van der Waals surface area contributed by atoms with Crippen molar-refractivity contribution in [3.8, 4) is 5.69 Å². The summed E-state index contributed by atoms with van der Waals surface area (Å²) in [6.07, 6.45) is 0. The van der Waals surface area contributed by atoms with Crippen LogP contribution in [0.15, 0.2) is 29.1 Å². The molecule has 0 saturated carbocycles. The number of hydrogen-bond donors (Lipinski definition) is 0. The molecule has 1 aromatic carbocycles. The maximum atomic E-state index is 12.8. The number of aromatic nitrogens is 2. The first-order chi connectivity index (χ1) is 12.0. The van der Waals surface area contributed by atoms with Gasteiger partial charge in [-0.15, -0.1) is 0 Å². The highest BCUT2D eigenvalue weighted by Gasteiger charge is 2.28. The van der Waals surface area contributed by atoms with Crippen LogP contribution >= 0.6 is 0 Å². The lowest BCUT2D eigenvalue weighted by Crippen LogP contribution is -2.32. The number of ether oxygens (including phenoxy) is 1. The first-order valence-electron chi connectivity index (χ1n) is 8.49. The first kappa shape index (κ1) is 19.6. The standard InChI is InChI=1S/C20H24N2O4/c1-7-26-19(25)15-11-16(17(23)20(4,5)6)21-22(18(15)24)14-9-12(2)8-13(3)10-14/h8-11H,7H2,1-6H3. The van der Waals surface area contributed by atoms with Crippen molar-refractivity contribution in [2.75, 3.05) is 6.61 Å². The van der Waals surface area contributed by atoms with Gasteiger partial charge in [0.25, 0.3) is 5.56 Å². The van der Waals surface area contributed by atoms with Gasteiger partial charge in [-0.3, -0.25) is 9.59 Å². The van der Waals surface area contributed by atoms with Crippen LogP contribution in [0.2, 0.25) is 0 Å². The van der Waals surface area contributed by atoms with Crippen molar-refractivity contribution < 1.29 is 14.3 Å². The zero-order valence-corrected chi connectivity index (χ0v) is 16.0. The molecule has 2 aromatic rings. The molecule has 0 atom stereocenters. The fraction of sp³-hybridized carbons (Fsp3) is 0.400. The third-order valence-electron chi connectivity index (χ3n) is 3.77. The van der Waals surface area contributed by atoms with E-state index in [0.717, 1.165) is 15.8 Å². The molecule has 138 valence electrons. The maximum absolute atomic E-state index is 12.8. The summed E-state index contributed by atoms with van der Waals surface area (Å²) < 4.78 is 6.08. The van der Waals surface area contributed by atoms with Crippen molar-refractivity contribution in [3.05, 3.63) is 57.0 Å². The Morgan fingerprint density at radius 1 is 1.08 bits per heavy atom. The van der Waals surface area contributed by atoms with Crippen molar-refractivity contribution in [3.63, 3.8) is 0 Å². The lowest BCUT2D eigenvalue weighted by molar-refractivity contribution is 0.0523. The zero-order valence-electron chi connectivity index (χ0n) is 16.0. The van der Waals surface area contributed by atoms with Crippen LogP contribution in [0.3, 0.4) is 0 Å². The average molecular weight is 356 g/mol. The van der Waals surface area contributed by atoms with Crippen LogP contribution in [0, 0.1) is 19.3 Å². The van der Waals surface area contributed by atoms with E-state index in [9.17, 15) is 14.4 Å². The van der Waals surface area contributed by atoms with Gasteiger partial charge in [0.2, 0.25) is 0 Å². The summed E-state index contributed by atoms with van der Waals surface area (Å²) in [6.45, 7) is 10.9. The van der Waals surface area contributed by atoms with Crippen LogP contribution in [0.5, 0.6) is 0 Å². The molecule has 0 aliphatic heterocycles. The van der Waals surface area contributed by atoms with Crippen molar-refractivity contribution in [1.29, 1.82) is 0 Å². The number of benzene rings is 1. The monoisotopic (exact) mass is 356 g/mol. The molecule has 1 heterocycles. The van der Waals surface area contributed by atoms with Gasteiger partial charge in [0.1, 0.15) is 11.3 Å². The van der Waals surface area contributed by atoms with Gasteiger partial charge in [-0.1, -0.05) is 26.8 Å². The quantitative estimate of drug-likeness (QED) is 0.621. The Hall–Kier alpha value is -2.76. The molecule has 0 saturated heterocycles. The van der Waals surface area contributed by atoms with Gasteiger partial charge in [0.05, 0.1) is 12.3 Å². The summed E-state index contributed by atoms with van der Waals surface area (Å²) in [5.74, 6) is -1.03. The van der Waals surface area contributed by atoms with Crippen LogP contribution < -0.4 is 5.56 Å². The third-order valence-corrected chi connectivity index (χ3v) is 3.77. The van der Waals surface area contributed by atoms with Gasteiger partial charge in [-0.25, -0.2) is 4.79 Å². The second-order valence-corrected chi connectivity index (χ2v) is 7.31. The number of hydrogen-bond acceptors (Lipinski definition) is 5. The summed E-state index contributed by atoms with van der Waals surface area (Å²) in [7, 11) is 0. The summed E-state index contributed by atoms with van der Waals surface area (Å²) in [5.41, 5.74) is 0.926. The van der Waals surface area contributed by atoms with E-state index in [-0.39, 0.29) is 23.6 Å². The van der Waals surface area contributed by atoms with Gasteiger partial charge in [0, 0.05) is 5.41 Å². The lowest BCUT2D eigenvalue weighted by Gasteiger charge is -2.17. The number of ketones is 1. The number of rotatable bonds is 4. The highest BCUT2D eigenvalue weighted by atomic mass is 16.5. The summed E-state index contributed by atoms with van der Waals surface area (Å²) in [6, 6.07) is 6.75. The first-order valence-corrected chi connectivity index (χ1v) is 8.49. The Bertz CT molecular complexity index is 900. The number of esters is 1. The van der Waals surface area contributed by atoms with E-state index >= 15 is 0 Å². The van der Waals surface area contributed by atoms with E-state index in [1.54, 1.807) is 39.8 Å². The molecule has 2 rings (SSSR count). The Kier molecular flexibility index (Phi) is 5.44. The SMILES string of the molecule is CCOC(=O)c1cc(C(=O)C(C)(C)C)nn(-c2cc(C)cc(C)c2)c1=O. The summed E-state index contributed by atoms with van der Waals surface area (Å²) >= 11 is 0. The van der Waals surface area contributed by atoms with E-state index in [2.05, 4.69) is 5.10 Å². The molecule has 0 aliphatic carbocycles. The molecule has 0 radical (unpaired) electrons. The average Bonchev–Trinajstić information content (AvgIpc) is 2.52. The molecule has 6 heteroatoms. The van der Waals surface area contributed by atoms with Crippen molar-refractivity contribution >= 4 is 11.8 Å². The molecule has 0 amide bonds. The smallest absolute Gasteiger partial charge is 0.343 e. The number of carbonyl (C=O) groups is 2. The molecule has 0 spiro atoms. The molecule has 6 nitrogen and oxygen atoms in total. The Morgan fingerprint density at radius 2 is 1.65 bits per heavy atom. The van der Waals surface area contributed by atoms with Crippen LogP contribution in [0.25, 0.3) is 5.69 Å². The van der Waals surface area contributed by atoms with E-state index in [1.807, 2.05) is 19.9 Å². The minimum atomic E-state index is -0.763. The Labute approximate surface area is 152 Å². The maximum Gasteiger partial charge on any atom is 0.343 e. The number of nitrogens with zero attached hydrogens (tertiary/aromatic N) is 2. The topological polar surface area (TPSA) is 78.3 Å². The number of Topliss-reactive ketones (excluding diaryl/α,β-unsaturated/α-hetero) is 1. The minimum Gasteiger partial charge on any atom is -0.462 e. The normalized spacial score (nSPS) is 11.3. The van der Waals surface area contributed by atoms with E-state index < -0.39 is 16.9 Å². The Balaban J connectivity index is 2.78. The van der Waals surface area contributed by atoms with E-state index in [4.69, 9.17) is 4.74 Å². The molecule has 0 N–H and O–H groups in total. The molecule has 0 unspecified atom stereocenters. The second kappa shape index (κ2) is 7.23. The number of aryl methyl sites for hydroxylation is 2.